The predicted octanol–water partition coefficient (Wildman–Crippen LogP) is 4.26. The first-order valence-electron chi connectivity index (χ1n) is 8.45. The second kappa shape index (κ2) is 7.89. The van der Waals surface area contributed by atoms with Crippen molar-refractivity contribution in [3.05, 3.63) is 72.1 Å². The molecular formula is C21H20N2O3. The zero-order valence-corrected chi connectivity index (χ0v) is 14.7. The fourth-order valence-corrected chi connectivity index (χ4v) is 2.44. The van der Waals surface area contributed by atoms with Gasteiger partial charge in [0.2, 0.25) is 0 Å². The van der Waals surface area contributed by atoms with Gasteiger partial charge in [-0.3, -0.25) is 4.79 Å². The number of rotatable bonds is 6. The van der Waals surface area contributed by atoms with Crippen LogP contribution >= 0.6 is 0 Å². The molecule has 5 nitrogen and oxygen atoms in total. The molecule has 5 heteroatoms. The Morgan fingerprint density at radius 2 is 1.65 bits per heavy atom. The highest BCUT2D eigenvalue weighted by atomic mass is 16.5. The van der Waals surface area contributed by atoms with E-state index >= 15 is 0 Å². The van der Waals surface area contributed by atoms with Crippen LogP contribution in [0.1, 0.15) is 30.7 Å². The van der Waals surface area contributed by atoms with E-state index in [4.69, 9.17) is 4.74 Å². The summed E-state index contributed by atoms with van der Waals surface area (Å²) < 4.78 is 5.81. The first-order chi connectivity index (χ1) is 12.6. The Morgan fingerprint density at radius 3 is 2.27 bits per heavy atom. The summed E-state index contributed by atoms with van der Waals surface area (Å²) >= 11 is 0. The highest BCUT2D eigenvalue weighted by Gasteiger charge is 2.17. The van der Waals surface area contributed by atoms with Crippen molar-refractivity contribution in [1.29, 1.82) is 0 Å². The maximum absolute atomic E-state index is 11.7. The predicted molar refractivity (Wildman–Crippen MR) is 99.0 cm³/mol. The number of aromatic nitrogens is 2. The molecule has 3 rings (SSSR count). The lowest BCUT2D eigenvalue weighted by atomic mass is 10.1. The summed E-state index contributed by atoms with van der Waals surface area (Å²) in [6.45, 7) is 3.73. The first kappa shape index (κ1) is 17.8. The Labute approximate surface area is 152 Å². The van der Waals surface area contributed by atoms with Crippen molar-refractivity contribution in [2.45, 2.75) is 26.4 Å². The Balaban J connectivity index is 1.78. The van der Waals surface area contributed by atoms with Gasteiger partial charge >= 0.3 is 0 Å². The summed E-state index contributed by atoms with van der Waals surface area (Å²) in [4.78, 5) is 20.2. The molecule has 0 aliphatic rings. The van der Waals surface area contributed by atoms with E-state index in [1.807, 2.05) is 55.5 Å². The minimum absolute atomic E-state index is 0.256. The summed E-state index contributed by atoms with van der Waals surface area (Å²) in [5.74, 6) is 1.65. The molecule has 1 N–H and O–H groups in total. The van der Waals surface area contributed by atoms with Crippen LogP contribution in [-0.4, -0.2) is 20.9 Å². The molecule has 1 atom stereocenters. The SMILES string of the molecule is CCC(=O)[C@H](O)c1ccnc(-c2ccc(Oc3ccc(C)cc3)cc2)n1. The number of benzene rings is 2. The van der Waals surface area contributed by atoms with Crippen LogP contribution in [0.25, 0.3) is 11.4 Å². The maximum atomic E-state index is 11.7. The second-order valence-electron chi connectivity index (χ2n) is 5.97. The number of aryl methyl sites for hydroxylation is 1. The summed E-state index contributed by atoms with van der Waals surface area (Å²) in [5.41, 5.74) is 2.26. The highest BCUT2D eigenvalue weighted by molar-refractivity contribution is 5.83. The van der Waals surface area contributed by atoms with Gasteiger partial charge in [-0.05, 0) is 49.4 Å². The molecule has 0 bridgehead atoms. The molecule has 0 radical (unpaired) electrons. The molecule has 132 valence electrons. The van der Waals surface area contributed by atoms with E-state index in [1.165, 1.54) is 5.56 Å². The van der Waals surface area contributed by atoms with Gasteiger partial charge in [0.1, 0.15) is 11.5 Å². The van der Waals surface area contributed by atoms with Crippen molar-refractivity contribution in [1.82, 2.24) is 9.97 Å². The van der Waals surface area contributed by atoms with Gasteiger partial charge in [-0.2, -0.15) is 0 Å². The van der Waals surface area contributed by atoms with Gasteiger partial charge in [-0.25, -0.2) is 9.97 Å². The minimum Gasteiger partial charge on any atom is -0.457 e. The fourth-order valence-electron chi connectivity index (χ4n) is 2.44. The molecular weight excluding hydrogens is 328 g/mol. The van der Waals surface area contributed by atoms with Crippen molar-refractivity contribution < 1.29 is 14.6 Å². The van der Waals surface area contributed by atoms with E-state index in [2.05, 4.69) is 9.97 Å². The van der Waals surface area contributed by atoms with Gasteiger partial charge < -0.3 is 9.84 Å². The van der Waals surface area contributed by atoms with Crippen LogP contribution in [0.5, 0.6) is 11.5 Å². The molecule has 26 heavy (non-hydrogen) atoms. The average molecular weight is 348 g/mol. The zero-order valence-electron chi connectivity index (χ0n) is 14.7. The van der Waals surface area contributed by atoms with Crippen molar-refractivity contribution in [3.63, 3.8) is 0 Å². The van der Waals surface area contributed by atoms with E-state index < -0.39 is 6.10 Å². The van der Waals surface area contributed by atoms with E-state index in [-0.39, 0.29) is 12.2 Å². The second-order valence-corrected chi connectivity index (χ2v) is 5.97. The highest BCUT2D eigenvalue weighted by Crippen LogP contribution is 2.25. The Bertz CT molecular complexity index is 890. The molecule has 0 saturated heterocycles. The molecule has 0 unspecified atom stereocenters. The standard InChI is InChI=1S/C21H20N2O3/c1-3-19(24)20(25)18-12-13-22-21(23-18)15-6-10-17(11-7-15)26-16-8-4-14(2)5-9-16/h4-13,20,25H,3H2,1-2H3/t20-/m1/s1. The van der Waals surface area contributed by atoms with Gasteiger partial charge in [0, 0.05) is 18.2 Å². The fraction of sp³-hybridized carbons (Fsp3) is 0.190. The third-order valence-electron chi connectivity index (χ3n) is 3.98. The van der Waals surface area contributed by atoms with Gasteiger partial charge in [0.15, 0.2) is 17.7 Å². The summed E-state index contributed by atoms with van der Waals surface area (Å²) in [5, 5.41) is 10.0. The molecule has 1 heterocycles. The van der Waals surface area contributed by atoms with Crippen LogP contribution in [0, 0.1) is 6.92 Å². The maximum Gasteiger partial charge on any atom is 0.167 e. The average Bonchev–Trinajstić information content (AvgIpc) is 2.69. The number of ether oxygens (including phenoxy) is 1. The van der Waals surface area contributed by atoms with Crippen LogP contribution in [0.2, 0.25) is 0 Å². The molecule has 0 aliphatic carbocycles. The number of aliphatic hydroxyl groups excluding tert-OH is 1. The summed E-state index contributed by atoms with van der Waals surface area (Å²) in [6.07, 6.45) is 0.581. The van der Waals surface area contributed by atoms with Gasteiger partial charge in [-0.15, -0.1) is 0 Å². The molecule has 0 amide bonds. The van der Waals surface area contributed by atoms with Gasteiger partial charge in [0.25, 0.3) is 0 Å². The van der Waals surface area contributed by atoms with E-state index in [0.29, 0.717) is 17.3 Å². The monoisotopic (exact) mass is 348 g/mol. The Kier molecular flexibility index (Phi) is 5.39. The van der Waals surface area contributed by atoms with Gasteiger partial charge in [0.05, 0.1) is 5.69 Å². The van der Waals surface area contributed by atoms with Gasteiger partial charge in [-0.1, -0.05) is 24.6 Å². The van der Waals surface area contributed by atoms with Crippen LogP contribution in [0.3, 0.4) is 0 Å². The molecule has 3 aromatic rings. The lowest BCUT2D eigenvalue weighted by Crippen LogP contribution is -2.12. The lowest BCUT2D eigenvalue weighted by molar-refractivity contribution is -0.127. The number of carbonyl (C=O) groups is 1. The number of hydrogen-bond acceptors (Lipinski definition) is 5. The van der Waals surface area contributed by atoms with Crippen LogP contribution in [-0.2, 0) is 4.79 Å². The molecule has 1 aromatic heterocycles. The minimum atomic E-state index is -1.22. The van der Waals surface area contributed by atoms with E-state index in [1.54, 1.807) is 19.2 Å². The third kappa shape index (κ3) is 4.13. The molecule has 2 aromatic carbocycles. The quantitative estimate of drug-likeness (QED) is 0.721. The number of nitrogens with zero attached hydrogens (tertiary/aromatic N) is 2. The molecule has 0 fully saturated rings. The molecule has 0 aliphatic heterocycles. The van der Waals surface area contributed by atoms with Crippen LogP contribution in [0.4, 0.5) is 0 Å². The van der Waals surface area contributed by atoms with Crippen LogP contribution in [0.15, 0.2) is 60.8 Å². The Hall–Kier alpha value is -3.05. The Morgan fingerprint density at radius 1 is 1.04 bits per heavy atom. The van der Waals surface area contributed by atoms with Crippen LogP contribution < -0.4 is 4.74 Å². The molecule has 0 spiro atoms. The van der Waals surface area contributed by atoms with Crippen molar-refractivity contribution in [2.24, 2.45) is 0 Å². The lowest BCUT2D eigenvalue weighted by Gasteiger charge is -2.10. The number of carbonyl (C=O) groups excluding carboxylic acids is 1. The topological polar surface area (TPSA) is 72.3 Å². The number of Topliss-reactive ketones (excluding diaryl/α,β-unsaturated/α-hetero) is 1. The zero-order chi connectivity index (χ0) is 18.5. The largest absolute Gasteiger partial charge is 0.457 e. The number of hydrogen-bond donors (Lipinski definition) is 1. The van der Waals surface area contributed by atoms with Crippen molar-refractivity contribution >= 4 is 5.78 Å². The summed E-state index contributed by atoms with van der Waals surface area (Å²) in [6, 6.07) is 16.7. The first-order valence-corrected chi connectivity index (χ1v) is 8.45. The van der Waals surface area contributed by atoms with E-state index in [9.17, 15) is 9.90 Å². The van der Waals surface area contributed by atoms with E-state index in [0.717, 1.165) is 11.3 Å². The summed E-state index contributed by atoms with van der Waals surface area (Å²) in [7, 11) is 0. The normalized spacial score (nSPS) is 11.8. The third-order valence-corrected chi connectivity index (χ3v) is 3.98. The number of aliphatic hydroxyl groups is 1. The molecule has 0 saturated carbocycles. The smallest absolute Gasteiger partial charge is 0.167 e. The number of ketones is 1. The van der Waals surface area contributed by atoms with Crippen molar-refractivity contribution in [3.8, 4) is 22.9 Å². The van der Waals surface area contributed by atoms with Crippen molar-refractivity contribution in [2.75, 3.05) is 0 Å².